The van der Waals surface area contributed by atoms with Crippen molar-refractivity contribution in [2.45, 2.75) is 58.5 Å². The van der Waals surface area contributed by atoms with Crippen LogP contribution in [0.15, 0.2) is 12.3 Å². The second-order valence-electron chi connectivity index (χ2n) is 5.59. The number of ether oxygens (including phenoxy) is 1. The molecule has 2 nitrogen and oxygen atoms in total. The summed E-state index contributed by atoms with van der Waals surface area (Å²) < 4.78 is 5.92. The minimum absolute atomic E-state index is 0.122. The summed E-state index contributed by atoms with van der Waals surface area (Å²) in [5.74, 6) is 0.979. The Morgan fingerprint density at radius 3 is 2.56 bits per heavy atom. The first kappa shape index (κ1) is 11.4. The second-order valence-corrected chi connectivity index (χ2v) is 5.59. The lowest BCUT2D eigenvalue weighted by Gasteiger charge is -2.23. The SMILES string of the molecule is CCc1cc(C(C)(C)C)c(OC2CC2)cn1. The van der Waals surface area contributed by atoms with Crippen molar-refractivity contribution in [2.75, 3.05) is 0 Å². The fourth-order valence-electron chi connectivity index (χ4n) is 1.72. The number of aryl methyl sites for hydroxylation is 1. The van der Waals surface area contributed by atoms with Gasteiger partial charge in [-0.05, 0) is 30.7 Å². The quantitative estimate of drug-likeness (QED) is 0.776. The molecule has 1 aromatic rings. The van der Waals surface area contributed by atoms with E-state index >= 15 is 0 Å². The fourth-order valence-corrected chi connectivity index (χ4v) is 1.72. The molecule has 2 rings (SSSR count). The first-order valence-electron chi connectivity index (χ1n) is 6.16. The van der Waals surface area contributed by atoms with Crippen molar-refractivity contribution in [3.63, 3.8) is 0 Å². The van der Waals surface area contributed by atoms with Crippen LogP contribution < -0.4 is 4.74 Å². The van der Waals surface area contributed by atoms with Crippen molar-refractivity contribution in [3.8, 4) is 5.75 Å². The molecule has 1 aromatic heterocycles. The predicted molar refractivity (Wildman–Crippen MR) is 66.0 cm³/mol. The van der Waals surface area contributed by atoms with Gasteiger partial charge < -0.3 is 4.74 Å². The van der Waals surface area contributed by atoms with Gasteiger partial charge >= 0.3 is 0 Å². The minimum Gasteiger partial charge on any atom is -0.489 e. The standard InChI is InChI=1S/C14H21NO/c1-5-10-8-12(14(2,3)4)13(9-15-10)16-11-6-7-11/h8-9,11H,5-7H2,1-4H3. The summed E-state index contributed by atoms with van der Waals surface area (Å²) in [6.07, 6.45) is 5.71. The molecule has 0 spiro atoms. The molecule has 1 saturated carbocycles. The third-order valence-electron chi connectivity index (χ3n) is 2.91. The van der Waals surface area contributed by atoms with Crippen LogP contribution in [0.4, 0.5) is 0 Å². The third kappa shape index (κ3) is 2.55. The molecule has 88 valence electrons. The van der Waals surface area contributed by atoms with Gasteiger partial charge in [0.25, 0.3) is 0 Å². The molecule has 0 aromatic carbocycles. The largest absolute Gasteiger partial charge is 0.489 e. The normalized spacial score (nSPS) is 16.2. The van der Waals surface area contributed by atoms with Crippen molar-refractivity contribution in [1.82, 2.24) is 4.98 Å². The molecule has 0 N–H and O–H groups in total. The highest BCUT2D eigenvalue weighted by molar-refractivity contribution is 5.38. The average Bonchev–Trinajstić information content (AvgIpc) is 3.01. The Balaban J connectivity index is 2.33. The van der Waals surface area contributed by atoms with Crippen LogP contribution in [0.25, 0.3) is 0 Å². The molecule has 0 unspecified atom stereocenters. The summed E-state index contributed by atoms with van der Waals surface area (Å²) in [6, 6.07) is 2.19. The van der Waals surface area contributed by atoms with Crippen molar-refractivity contribution < 1.29 is 4.74 Å². The highest BCUT2D eigenvalue weighted by Crippen LogP contribution is 2.35. The maximum atomic E-state index is 5.92. The lowest BCUT2D eigenvalue weighted by molar-refractivity contribution is 0.293. The molecule has 16 heavy (non-hydrogen) atoms. The van der Waals surface area contributed by atoms with Crippen LogP contribution >= 0.6 is 0 Å². The van der Waals surface area contributed by atoms with Crippen molar-refractivity contribution >= 4 is 0 Å². The van der Waals surface area contributed by atoms with Gasteiger partial charge in [0.1, 0.15) is 5.75 Å². The monoisotopic (exact) mass is 219 g/mol. The first-order chi connectivity index (χ1) is 7.50. The zero-order valence-electron chi connectivity index (χ0n) is 10.7. The highest BCUT2D eigenvalue weighted by atomic mass is 16.5. The molecule has 0 radical (unpaired) electrons. The Morgan fingerprint density at radius 2 is 2.06 bits per heavy atom. The summed E-state index contributed by atoms with van der Waals surface area (Å²) in [5.41, 5.74) is 2.55. The summed E-state index contributed by atoms with van der Waals surface area (Å²) in [5, 5.41) is 0. The van der Waals surface area contributed by atoms with Crippen LogP contribution in [0.2, 0.25) is 0 Å². The van der Waals surface area contributed by atoms with Gasteiger partial charge in [-0.1, -0.05) is 27.7 Å². The molecule has 0 atom stereocenters. The van der Waals surface area contributed by atoms with Crippen LogP contribution in [-0.2, 0) is 11.8 Å². The van der Waals surface area contributed by atoms with E-state index in [-0.39, 0.29) is 5.41 Å². The Bertz CT molecular complexity index is 375. The van der Waals surface area contributed by atoms with E-state index in [4.69, 9.17) is 4.74 Å². The zero-order valence-corrected chi connectivity index (χ0v) is 10.7. The summed E-state index contributed by atoms with van der Waals surface area (Å²) >= 11 is 0. The number of hydrogen-bond donors (Lipinski definition) is 0. The van der Waals surface area contributed by atoms with E-state index in [1.165, 1.54) is 18.4 Å². The zero-order chi connectivity index (χ0) is 11.8. The van der Waals surface area contributed by atoms with E-state index in [1.54, 1.807) is 0 Å². The summed E-state index contributed by atoms with van der Waals surface area (Å²) in [6.45, 7) is 8.81. The van der Waals surface area contributed by atoms with Crippen molar-refractivity contribution in [1.29, 1.82) is 0 Å². The Kier molecular flexibility index (Phi) is 2.92. The lowest BCUT2D eigenvalue weighted by Crippen LogP contribution is -2.15. The maximum absolute atomic E-state index is 5.92. The first-order valence-corrected chi connectivity index (χ1v) is 6.16. The molecular formula is C14H21NO. The second kappa shape index (κ2) is 4.08. The summed E-state index contributed by atoms with van der Waals surface area (Å²) in [7, 11) is 0. The van der Waals surface area contributed by atoms with Gasteiger partial charge in [0.05, 0.1) is 12.3 Å². The average molecular weight is 219 g/mol. The topological polar surface area (TPSA) is 22.1 Å². The smallest absolute Gasteiger partial charge is 0.141 e. The molecule has 0 saturated heterocycles. The molecule has 1 aliphatic rings. The molecule has 2 heteroatoms. The van der Waals surface area contributed by atoms with E-state index in [9.17, 15) is 0 Å². The number of rotatable bonds is 3. The number of pyridine rings is 1. The van der Waals surface area contributed by atoms with Crippen LogP contribution in [-0.4, -0.2) is 11.1 Å². The number of aromatic nitrogens is 1. The van der Waals surface area contributed by atoms with E-state index in [2.05, 4.69) is 38.7 Å². The Morgan fingerprint density at radius 1 is 1.38 bits per heavy atom. The van der Waals surface area contributed by atoms with E-state index in [1.807, 2.05) is 6.20 Å². The minimum atomic E-state index is 0.122. The lowest BCUT2D eigenvalue weighted by atomic mass is 9.86. The van der Waals surface area contributed by atoms with Crippen LogP contribution in [0.1, 0.15) is 51.8 Å². The van der Waals surface area contributed by atoms with Gasteiger partial charge in [0, 0.05) is 11.3 Å². The van der Waals surface area contributed by atoms with Gasteiger partial charge in [-0.25, -0.2) is 0 Å². The Labute approximate surface area is 98.0 Å². The van der Waals surface area contributed by atoms with Crippen LogP contribution in [0, 0.1) is 0 Å². The maximum Gasteiger partial charge on any atom is 0.141 e. The number of nitrogens with zero attached hydrogens (tertiary/aromatic N) is 1. The fraction of sp³-hybridized carbons (Fsp3) is 0.643. The van der Waals surface area contributed by atoms with Gasteiger partial charge in [0.2, 0.25) is 0 Å². The molecular weight excluding hydrogens is 198 g/mol. The highest BCUT2D eigenvalue weighted by Gasteiger charge is 2.27. The van der Waals surface area contributed by atoms with Gasteiger partial charge in [-0.3, -0.25) is 4.98 Å². The van der Waals surface area contributed by atoms with E-state index in [0.29, 0.717) is 6.10 Å². The van der Waals surface area contributed by atoms with Gasteiger partial charge in [-0.15, -0.1) is 0 Å². The van der Waals surface area contributed by atoms with E-state index in [0.717, 1.165) is 17.9 Å². The van der Waals surface area contributed by atoms with Crippen molar-refractivity contribution in [2.24, 2.45) is 0 Å². The number of hydrogen-bond acceptors (Lipinski definition) is 2. The summed E-state index contributed by atoms with van der Waals surface area (Å²) in [4.78, 5) is 4.43. The van der Waals surface area contributed by atoms with Gasteiger partial charge in [0.15, 0.2) is 0 Å². The molecule has 0 bridgehead atoms. The van der Waals surface area contributed by atoms with Crippen LogP contribution in [0.3, 0.4) is 0 Å². The Hall–Kier alpha value is -1.05. The van der Waals surface area contributed by atoms with Crippen LogP contribution in [0.5, 0.6) is 5.75 Å². The predicted octanol–water partition coefficient (Wildman–Crippen LogP) is 3.48. The van der Waals surface area contributed by atoms with Gasteiger partial charge in [-0.2, -0.15) is 0 Å². The molecule has 1 aliphatic carbocycles. The molecule has 0 aliphatic heterocycles. The molecule has 0 amide bonds. The molecule has 1 heterocycles. The van der Waals surface area contributed by atoms with Crippen molar-refractivity contribution in [3.05, 3.63) is 23.5 Å². The van der Waals surface area contributed by atoms with E-state index < -0.39 is 0 Å². The molecule has 1 fully saturated rings. The third-order valence-corrected chi connectivity index (χ3v) is 2.91.